The van der Waals surface area contributed by atoms with Gasteiger partial charge in [0.25, 0.3) is 0 Å². The summed E-state index contributed by atoms with van der Waals surface area (Å²) in [5, 5.41) is 9.78. The van der Waals surface area contributed by atoms with E-state index in [1.54, 1.807) is 0 Å². The molecule has 2 nitrogen and oxygen atoms in total. The monoisotopic (exact) mass is 253 g/mol. The van der Waals surface area contributed by atoms with E-state index in [0.29, 0.717) is 0 Å². The van der Waals surface area contributed by atoms with Crippen molar-refractivity contribution >= 4 is 0 Å². The van der Waals surface area contributed by atoms with Crippen LogP contribution in [-0.4, -0.2) is 10.1 Å². The summed E-state index contributed by atoms with van der Waals surface area (Å²) in [6.07, 6.45) is -0.233. The topological polar surface area (TPSA) is 33.1 Å². The van der Waals surface area contributed by atoms with Crippen LogP contribution in [-0.2, 0) is 6.42 Å². The Kier molecular flexibility index (Phi) is 3.62. The highest BCUT2D eigenvalue weighted by Gasteiger charge is 2.16. The van der Waals surface area contributed by atoms with Gasteiger partial charge in [-0.05, 0) is 35.9 Å². The molecule has 1 N–H and O–H groups in total. The van der Waals surface area contributed by atoms with Gasteiger partial charge < -0.3 is 5.11 Å². The zero-order valence-electron chi connectivity index (χ0n) is 9.28. The Balaban J connectivity index is 2.24. The normalized spacial score (nSPS) is 12.4. The van der Waals surface area contributed by atoms with Crippen molar-refractivity contribution in [3.63, 3.8) is 0 Å². The molecule has 0 radical (unpaired) electrons. The lowest BCUT2D eigenvalue weighted by molar-refractivity contribution is 0.167. The zero-order valence-corrected chi connectivity index (χ0v) is 9.28. The van der Waals surface area contributed by atoms with E-state index >= 15 is 0 Å². The van der Waals surface area contributed by atoms with E-state index in [4.69, 9.17) is 0 Å². The summed E-state index contributed by atoms with van der Waals surface area (Å²) in [6, 6.07) is 5.44. The van der Waals surface area contributed by atoms with Crippen LogP contribution in [0.2, 0.25) is 0 Å². The van der Waals surface area contributed by atoms with Crippen molar-refractivity contribution < 1.29 is 18.3 Å². The molecule has 1 atom stereocenters. The summed E-state index contributed by atoms with van der Waals surface area (Å²) in [5.41, 5.74) is -0.200. The maximum Gasteiger partial charge on any atom is 0.147 e. The Labute approximate surface area is 102 Å². The van der Waals surface area contributed by atoms with E-state index in [0.717, 1.165) is 24.3 Å². The second-order valence-corrected chi connectivity index (χ2v) is 3.83. The third-order valence-electron chi connectivity index (χ3n) is 2.52. The van der Waals surface area contributed by atoms with Gasteiger partial charge >= 0.3 is 0 Å². The molecule has 1 unspecified atom stereocenters. The Morgan fingerprint density at radius 3 is 2.61 bits per heavy atom. The quantitative estimate of drug-likeness (QED) is 0.912. The van der Waals surface area contributed by atoms with Crippen LogP contribution >= 0.6 is 0 Å². The first kappa shape index (κ1) is 12.6. The fourth-order valence-electron chi connectivity index (χ4n) is 1.65. The molecular formula is C13H10F3NO. The summed E-state index contributed by atoms with van der Waals surface area (Å²) in [4.78, 5) is 3.69. The van der Waals surface area contributed by atoms with Gasteiger partial charge in [-0.3, -0.25) is 4.98 Å². The number of benzene rings is 1. The van der Waals surface area contributed by atoms with Crippen molar-refractivity contribution in [2.45, 2.75) is 12.5 Å². The van der Waals surface area contributed by atoms with Gasteiger partial charge in [-0.25, -0.2) is 13.2 Å². The summed E-state index contributed by atoms with van der Waals surface area (Å²) in [7, 11) is 0. The maximum absolute atomic E-state index is 13.4. The molecule has 0 fully saturated rings. The molecular weight excluding hydrogens is 243 g/mol. The number of pyridine rings is 1. The van der Waals surface area contributed by atoms with Gasteiger partial charge in [-0.2, -0.15) is 0 Å². The predicted molar refractivity (Wildman–Crippen MR) is 59.2 cm³/mol. The van der Waals surface area contributed by atoms with E-state index in [9.17, 15) is 18.3 Å². The highest BCUT2D eigenvalue weighted by atomic mass is 19.1. The lowest BCUT2D eigenvalue weighted by Gasteiger charge is -2.11. The van der Waals surface area contributed by atoms with Gasteiger partial charge in [-0.15, -0.1) is 0 Å². The van der Waals surface area contributed by atoms with E-state index in [1.165, 1.54) is 12.3 Å². The summed E-state index contributed by atoms with van der Waals surface area (Å²) >= 11 is 0. The number of nitrogens with zero attached hydrogens (tertiary/aromatic N) is 1. The lowest BCUT2D eigenvalue weighted by atomic mass is 10.0. The summed E-state index contributed by atoms with van der Waals surface area (Å²) in [5.74, 6) is -1.94. The van der Waals surface area contributed by atoms with Gasteiger partial charge in [-0.1, -0.05) is 0 Å². The number of hydrogen-bond donors (Lipinski definition) is 1. The summed E-state index contributed by atoms with van der Waals surface area (Å²) < 4.78 is 39.6. The summed E-state index contributed by atoms with van der Waals surface area (Å²) in [6.45, 7) is 0. The Morgan fingerprint density at radius 2 is 1.89 bits per heavy atom. The molecule has 0 saturated heterocycles. The number of hydrogen-bond acceptors (Lipinski definition) is 2. The van der Waals surface area contributed by atoms with E-state index in [1.807, 2.05) is 0 Å². The third kappa shape index (κ3) is 2.68. The molecule has 0 amide bonds. The van der Waals surface area contributed by atoms with Crippen LogP contribution in [0.15, 0.2) is 36.5 Å². The molecule has 2 rings (SSSR count). The van der Waals surface area contributed by atoms with E-state index < -0.39 is 23.6 Å². The van der Waals surface area contributed by atoms with Crippen molar-refractivity contribution in [1.29, 1.82) is 0 Å². The fraction of sp³-hybridized carbons (Fsp3) is 0.154. The molecule has 94 valence electrons. The SMILES string of the molecule is OC(Cc1cc(F)ccc1F)c1ncccc1F. The highest BCUT2D eigenvalue weighted by Crippen LogP contribution is 2.21. The Hall–Kier alpha value is -1.88. The van der Waals surface area contributed by atoms with Crippen LogP contribution in [0.5, 0.6) is 0 Å². The third-order valence-corrected chi connectivity index (χ3v) is 2.52. The average Bonchev–Trinajstić information content (AvgIpc) is 2.34. The predicted octanol–water partition coefficient (Wildman–Crippen LogP) is 2.78. The van der Waals surface area contributed by atoms with E-state index in [-0.39, 0.29) is 17.7 Å². The molecule has 0 aliphatic rings. The minimum Gasteiger partial charge on any atom is -0.386 e. The molecule has 0 saturated carbocycles. The second-order valence-electron chi connectivity index (χ2n) is 3.83. The van der Waals surface area contributed by atoms with E-state index in [2.05, 4.69) is 4.98 Å². The van der Waals surface area contributed by atoms with Crippen molar-refractivity contribution in [3.05, 3.63) is 65.2 Å². The number of rotatable bonds is 3. The first-order valence-corrected chi connectivity index (χ1v) is 5.30. The first-order chi connectivity index (χ1) is 8.58. The molecule has 1 aromatic heterocycles. The van der Waals surface area contributed by atoms with Crippen molar-refractivity contribution in [2.24, 2.45) is 0 Å². The number of aliphatic hydroxyl groups excluding tert-OH is 1. The van der Waals surface area contributed by atoms with Crippen molar-refractivity contribution in [1.82, 2.24) is 4.98 Å². The Morgan fingerprint density at radius 1 is 1.11 bits per heavy atom. The van der Waals surface area contributed by atoms with Gasteiger partial charge in [0.2, 0.25) is 0 Å². The van der Waals surface area contributed by atoms with Crippen LogP contribution in [0.3, 0.4) is 0 Å². The molecule has 0 aliphatic heterocycles. The van der Waals surface area contributed by atoms with Crippen molar-refractivity contribution in [2.75, 3.05) is 0 Å². The lowest BCUT2D eigenvalue weighted by Crippen LogP contribution is -2.08. The molecule has 1 heterocycles. The highest BCUT2D eigenvalue weighted by molar-refractivity contribution is 5.21. The standard InChI is InChI=1S/C13H10F3NO/c14-9-3-4-10(15)8(6-9)7-12(18)13-11(16)2-1-5-17-13/h1-6,12,18H,7H2. The smallest absolute Gasteiger partial charge is 0.147 e. The van der Waals surface area contributed by atoms with Gasteiger partial charge in [0.05, 0.1) is 0 Å². The maximum atomic E-state index is 13.4. The number of halogens is 3. The van der Waals surface area contributed by atoms with Gasteiger partial charge in [0, 0.05) is 12.6 Å². The number of aliphatic hydroxyl groups is 1. The fourth-order valence-corrected chi connectivity index (χ4v) is 1.65. The minimum absolute atomic E-state index is 0.0208. The second kappa shape index (κ2) is 5.18. The van der Waals surface area contributed by atoms with Gasteiger partial charge in [0.15, 0.2) is 0 Å². The zero-order chi connectivity index (χ0) is 13.1. The molecule has 1 aromatic carbocycles. The first-order valence-electron chi connectivity index (χ1n) is 5.30. The van der Waals surface area contributed by atoms with Gasteiger partial charge in [0.1, 0.15) is 29.2 Å². The van der Waals surface area contributed by atoms with Crippen LogP contribution in [0, 0.1) is 17.5 Å². The molecule has 18 heavy (non-hydrogen) atoms. The molecule has 0 spiro atoms. The van der Waals surface area contributed by atoms with Crippen molar-refractivity contribution in [3.8, 4) is 0 Å². The molecule has 2 aromatic rings. The largest absolute Gasteiger partial charge is 0.386 e. The number of aromatic nitrogens is 1. The van der Waals surface area contributed by atoms with Crippen LogP contribution in [0.4, 0.5) is 13.2 Å². The molecule has 5 heteroatoms. The Bertz CT molecular complexity index is 560. The average molecular weight is 253 g/mol. The minimum atomic E-state index is -1.32. The van der Waals surface area contributed by atoms with Crippen LogP contribution in [0.1, 0.15) is 17.4 Å². The van der Waals surface area contributed by atoms with Crippen LogP contribution in [0.25, 0.3) is 0 Å². The molecule has 0 aliphatic carbocycles. The molecule has 0 bridgehead atoms. The van der Waals surface area contributed by atoms with Crippen LogP contribution < -0.4 is 0 Å².